The van der Waals surface area contributed by atoms with Crippen molar-refractivity contribution in [2.45, 2.75) is 37.5 Å². The van der Waals surface area contributed by atoms with Crippen molar-refractivity contribution in [2.75, 3.05) is 23.7 Å². The average molecular weight is 416 g/mol. The van der Waals surface area contributed by atoms with Gasteiger partial charge in [0.2, 0.25) is 15.9 Å². The molecule has 7 nitrogen and oxygen atoms in total. The van der Waals surface area contributed by atoms with E-state index in [4.69, 9.17) is 0 Å². The Morgan fingerprint density at radius 1 is 0.793 bits per heavy atom. The van der Waals surface area contributed by atoms with Crippen LogP contribution in [0.3, 0.4) is 0 Å². The molecule has 29 heavy (non-hydrogen) atoms. The first-order chi connectivity index (χ1) is 13.9. The number of nitrogens with zero attached hydrogens (tertiary/aromatic N) is 1. The van der Waals surface area contributed by atoms with Gasteiger partial charge in [0.25, 0.3) is 5.91 Å². The molecule has 1 aliphatic heterocycles. The van der Waals surface area contributed by atoms with Gasteiger partial charge >= 0.3 is 0 Å². The zero-order valence-electron chi connectivity index (χ0n) is 16.3. The topological polar surface area (TPSA) is 95.6 Å². The zero-order valence-corrected chi connectivity index (χ0v) is 17.2. The molecule has 2 aromatic carbocycles. The molecule has 3 rings (SSSR count). The zero-order chi connectivity index (χ0) is 20.9. The summed E-state index contributed by atoms with van der Waals surface area (Å²) in [6.45, 7) is 2.50. The highest BCUT2D eigenvalue weighted by Crippen LogP contribution is 2.21. The van der Waals surface area contributed by atoms with Gasteiger partial charge in [-0.1, -0.05) is 12.8 Å². The van der Waals surface area contributed by atoms with E-state index < -0.39 is 10.0 Å². The van der Waals surface area contributed by atoms with E-state index in [9.17, 15) is 18.0 Å². The molecule has 1 heterocycles. The minimum absolute atomic E-state index is 0.169. The maximum atomic E-state index is 12.8. The number of hydrogen-bond acceptors (Lipinski definition) is 4. The number of nitrogens with one attached hydrogen (secondary N) is 2. The van der Waals surface area contributed by atoms with Gasteiger partial charge in [0.15, 0.2) is 0 Å². The van der Waals surface area contributed by atoms with E-state index in [1.54, 1.807) is 24.3 Å². The summed E-state index contributed by atoms with van der Waals surface area (Å²) in [6, 6.07) is 12.7. The van der Waals surface area contributed by atoms with Crippen molar-refractivity contribution in [1.82, 2.24) is 4.31 Å². The lowest BCUT2D eigenvalue weighted by molar-refractivity contribution is -0.114. The highest BCUT2D eigenvalue weighted by Gasteiger charge is 2.25. The summed E-state index contributed by atoms with van der Waals surface area (Å²) in [5.74, 6) is -0.506. The number of sulfonamides is 1. The fourth-order valence-corrected chi connectivity index (χ4v) is 4.77. The molecule has 0 saturated carbocycles. The number of benzene rings is 2. The maximum absolute atomic E-state index is 12.8. The number of amides is 2. The van der Waals surface area contributed by atoms with Crippen LogP contribution < -0.4 is 10.6 Å². The summed E-state index contributed by atoms with van der Waals surface area (Å²) < 4.78 is 27.2. The van der Waals surface area contributed by atoms with Crippen molar-refractivity contribution in [3.8, 4) is 0 Å². The fraction of sp³-hybridized carbons (Fsp3) is 0.333. The van der Waals surface area contributed by atoms with Crippen LogP contribution in [0.5, 0.6) is 0 Å². The number of carbonyl (C=O) groups excluding carboxylic acids is 2. The molecule has 0 unspecified atom stereocenters. The summed E-state index contributed by atoms with van der Waals surface area (Å²) in [5, 5.41) is 5.41. The van der Waals surface area contributed by atoms with E-state index >= 15 is 0 Å². The molecule has 2 amide bonds. The number of carbonyl (C=O) groups is 2. The second kappa shape index (κ2) is 9.19. The third-order valence-corrected chi connectivity index (χ3v) is 6.70. The second-order valence-electron chi connectivity index (χ2n) is 7.06. The normalized spacial score (nSPS) is 15.3. The highest BCUT2D eigenvalue weighted by atomic mass is 32.2. The van der Waals surface area contributed by atoms with Crippen LogP contribution in [0.1, 0.15) is 43.0 Å². The first kappa shape index (κ1) is 21.0. The van der Waals surface area contributed by atoms with Gasteiger partial charge in [-0.05, 0) is 61.4 Å². The van der Waals surface area contributed by atoms with Gasteiger partial charge in [-0.2, -0.15) is 4.31 Å². The van der Waals surface area contributed by atoms with Gasteiger partial charge in [-0.25, -0.2) is 8.42 Å². The summed E-state index contributed by atoms with van der Waals surface area (Å²) in [4.78, 5) is 23.7. The first-order valence-electron chi connectivity index (χ1n) is 9.65. The van der Waals surface area contributed by atoms with E-state index in [0.717, 1.165) is 25.7 Å². The van der Waals surface area contributed by atoms with Crippen molar-refractivity contribution in [2.24, 2.45) is 0 Å². The lowest BCUT2D eigenvalue weighted by Crippen LogP contribution is -2.31. The van der Waals surface area contributed by atoms with Gasteiger partial charge in [0.05, 0.1) is 4.90 Å². The third kappa shape index (κ3) is 5.42. The maximum Gasteiger partial charge on any atom is 0.255 e. The largest absolute Gasteiger partial charge is 0.326 e. The molecule has 0 atom stereocenters. The van der Waals surface area contributed by atoms with Crippen LogP contribution in [0.2, 0.25) is 0 Å². The van der Waals surface area contributed by atoms with Gasteiger partial charge in [0.1, 0.15) is 0 Å². The molecular formula is C21H25N3O4S. The Balaban J connectivity index is 1.67. The van der Waals surface area contributed by atoms with Gasteiger partial charge in [-0.15, -0.1) is 0 Å². The van der Waals surface area contributed by atoms with Crippen molar-refractivity contribution in [3.63, 3.8) is 0 Å². The van der Waals surface area contributed by atoms with Crippen LogP contribution in [-0.2, 0) is 14.8 Å². The third-order valence-electron chi connectivity index (χ3n) is 4.78. The Kier molecular flexibility index (Phi) is 6.66. The smallest absolute Gasteiger partial charge is 0.255 e. The Labute approximate surface area is 171 Å². The molecule has 2 N–H and O–H groups in total. The monoisotopic (exact) mass is 415 g/mol. The van der Waals surface area contributed by atoms with Crippen LogP contribution >= 0.6 is 0 Å². The first-order valence-corrected chi connectivity index (χ1v) is 11.1. The predicted octanol–water partition coefficient (Wildman–Crippen LogP) is 3.46. The molecule has 0 radical (unpaired) electrons. The summed E-state index contributed by atoms with van der Waals surface area (Å²) in [7, 11) is -3.53. The minimum atomic E-state index is -3.53. The molecule has 0 spiro atoms. The number of anilines is 2. The molecule has 0 bridgehead atoms. The Morgan fingerprint density at radius 2 is 1.31 bits per heavy atom. The Morgan fingerprint density at radius 3 is 1.83 bits per heavy atom. The van der Waals surface area contributed by atoms with Crippen LogP contribution in [0.4, 0.5) is 11.4 Å². The number of hydrogen-bond donors (Lipinski definition) is 2. The molecule has 2 aromatic rings. The van der Waals surface area contributed by atoms with Crippen molar-refractivity contribution >= 4 is 33.2 Å². The van der Waals surface area contributed by atoms with Crippen LogP contribution in [0.25, 0.3) is 0 Å². The van der Waals surface area contributed by atoms with Gasteiger partial charge < -0.3 is 10.6 Å². The SMILES string of the molecule is CC(=O)Nc1ccc(NC(=O)c2ccc(S(=O)(=O)N3CCCCCC3)cc2)cc1. The lowest BCUT2D eigenvalue weighted by Gasteiger charge is -2.20. The molecule has 8 heteroatoms. The molecule has 154 valence electrons. The minimum Gasteiger partial charge on any atom is -0.326 e. The van der Waals surface area contributed by atoms with Crippen molar-refractivity contribution in [1.29, 1.82) is 0 Å². The van der Waals surface area contributed by atoms with Crippen LogP contribution in [0, 0.1) is 0 Å². The lowest BCUT2D eigenvalue weighted by atomic mass is 10.2. The standard InChI is InChI=1S/C21H25N3O4S/c1-16(25)22-18-8-10-19(11-9-18)23-21(26)17-6-12-20(13-7-17)29(27,28)24-14-4-2-3-5-15-24/h6-13H,2-5,14-15H2,1H3,(H,22,25)(H,23,26). The highest BCUT2D eigenvalue weighted by molar-refractivity contribution is 7.89. The number of rotatable bonds is 5. The Bertz CT molecular complexity index is 962. The molecular weight excluding hydrogens is 390 g/mol. The van der Waals surface area contributed by atoms with E-state index in [-0.39, 0.29) is 16.7 Å². The Hall–Kier alpha value is -2.71. The van der Waals surface area contributed by atoms with E-state index in [0.29, 0.717) is 30.0 Å². The van der Waals surface area contributed by atoms with Crippen molar-refractivity contribution < 1.29 is 18.0 Å². The molecule has 1 fully saturated rings. The molecule has 0 aliphatic carbocycles. The average Bonchev–Trinajstić information content (AvgIpc) is 2.99. The van der Waals surface area contributed by atoms with Crippen LogP contribution in [0.15, 0.2) is 53.4 Å². The fourth-order valence-electron chi connectivity index (χ4n) is 3.25. The van der Waals surface area contributed by atoms with E-state index in [2.05, 4.69) is 10.6 Å². The molecule has 1 aliphatic rings. The summed E-state index contributed by atoms with van der Waals surface area (Å²) >= 11 is 0. The van der Waals surface area contributed by atoms with Crippen molar-refractivity contribution in [3.05, 3.63) is 54.1 Å². The molecule has 0 aromatic heterocycles. The van der Waals surface area contributed by atoms with E-state index in [1.807, 2.05) is 0 Å². The second-order valence-corrected chi connectivity index (χ2v) is 8.99. The molecule has 1 saturated heterocycles. The van der Waals surface area contributed by atoms with E-state index in [1.165, 1.54) is 35.5 Å². The summed E-state index contributed by atoms with van der Waals surface area (Å²) in [5.41, 5.74) is 1.58. The van der Waals surface area contributed by atoms with Gasteiger partial charge in [-0.3, -0.25) is 9.59 Å². The predicted molar refractivity (Wildman–Crippen MR) is 112 cm³/mol. The summed E-state index contributed by atoms with van der Waals surface area (Å²) in [6.07, 6.45) is 3.86. The quantitative estimate of drug-likeness (QED) is 0.782. The van der Waals surface area contributed by atoms with Crippen LogP contribution in [-0.4, -0.2) is 37.6 Å². The van der Waals surface area contributed by atoms with Gasteiger partial charge in [0, 0.05) is 37.0 Å².